The summed E-state index contributed by atoms with van der Waals surface area (Å²) < 4.78 is 28.0. The number of halogens is 1. The van der Waals surface area contributed by atoms with Crippen LogP contribution in [-0.4, -0.2) is 72.7 Å². The first-order valence-electron chi connectivity index (χ1n) is 9.88. The molecule has 0 aliphatic carbocycles. The number of aromatic nitrogens is 4. The lowest BCUT2D eigenvalue weighted by Crippen LogP contribution is -2.43. The first-order valence-corrected chi connectivity index (χ1v) is 9.88. The number of carboxylic acid groups (broad SMARTS) is 1. The van der Waals surface area contributed by atoms with E-state index in [1.807, 2.05) is 18.2 Å². The summed E-state index contributed by atoms with van der Waals surface area (Å²) in [5, 5.41) is 22.8. The van der Waals surface area contributed by atoms with Crippen molar-refractivity contribution in [3.63, 3.8) is 0 Å². The molecular formula is C20H22FN5O5. The van der Waals surface area contributed by atoms with Crippen LogP contribution in [0.1, 0.15) is 19.8 Å². The summed E-state index contributed by atoms with van der Waals surface area (Å²) >= 11 is 0. The van der Waals surface area contributed by atoms with Gasteiger partial charge in [-0.2, -0.15) is 19.5 Å². The SMILES string of the molecule is CC(CO)Oc1nc(-c2cnn3ccccc23)nc(O[C@@H]2CCCN(C(=O)O)C2)c1F. The van der Waals surface area contributed by atoms with E-state index in [2.05, 4.69) is 15.1 Å². The van der Waals surface area contributed by atoms with Crippen molar-refractivity contribution in [1.29, 1.82) is 0 Å². The minimum Gasteiger partial charge on any atom is -0.470 e. The zero-order valence-electron chi connectivity index (χ0n) is 16.8. The minimum absolute atomic E-state index is 0.105. The topological polar surface area (TPSA) is 122 Å². The molecule has 0 saturated carbocycles. The Morgan fingerprint density at radius 1 is 1.35 bits per heavy atom. The number of carbonyl (C=O) groups is 1. The Morgan fingerprint density at radius 2 is 2.16 bits per heavy atom. The molecule has 1 saturated heterocycles. The van der Waals surface area contributed by atoms with Crippen molar-refractivity contribution in [1.82, 2.24) is 24.5 Å². The number of ether oxygens (including phenoxy) is 2. The number of pyridine rings is 1. The summed E-state index contributed by atoms with van der Waals surface area (Å²) in [5.74, 6) is -1.46. The lowest BCUT2D eigenvalue weighted by atomic mass is 10.1. The molecule has 0 spiro atoms. The average Bonchev–Trinajstić information content (AvgIpc) is 3.20. The third kappa shape index (κ3) is 4.36. The molecule has 0 bridgehead atoms. The lowest BCUT2D eigenvalue weighted by Gasteiger charge is -2.30. The van der Waals surface area contributed by atoms with Gasteiger partial charge in [0, 0.05) is 12.7 Å². The highest BCUT2D eigenvalue weighted by Crippen LogP contribution is 2.31. The van der Waals surface area contributed by atoms with Crippen LogP contribution in [0.15, 0.2) is 30.6 Å². The summed E-state index contributed by atoms with van der Waals surface area (Å²) in [6.07, 6.45) is 2.15. The molecule has 1 aliphatic heterocycles. The van der Waals surface area contributed by atoms with Crippen LogP contribution in [0, 0.1) is 5.82 Å². The third-order valence-electron chi connectivity index (χ3n) is 4.95. The first kappa shape index (κ1) is 20.8. The Hall–Kier alpha value is -3.47. The number of hydrogen-bond donors (Lipinski definition) is 2. The number of piperidine rings is 1. The zero-order valence-corrected chi connectivity index (χ0v) is 16.8. The van der Waals surface area contributed by atoms with Crippen molar-refractivity contribution in [2.75, 3.05) is 19.7 Å². The molecule has 2 N–H and O–H groups in total. The van der Waals surface area contributed by atoms with Crippen LogP contribution >= 0.6 is 0 Å². The van der Waals surface area contributed by atoms with Gasteiger partial charge in [-0.15, -0.1) is 0 Å². The first-order chi connectivity index (χ1) is 15.0. The number of nitrogens with zero attached hydrogens (tertiary/aromatic N) is 5. The Morgan fingerprint density at radius 3 is 2.94 bits per heavy atom. The highest BCUT2D eigenvalue weighted by Gasteiger charge is 2.28. The van der Waals surface area contributed by atoms with Crippen LogP contribution in [0.5, 0.6) is 11.8 Å². The van der Waals surface area contributed by atoms with Crippen molar-refractivity contribution < 1.29 is 28.9 Å². The van der Waals surface area contributed by atoms with Crippen LogP contribution < -0.4 is 9.47 Å². The van der Waals surface area contributed by atoms with E-state index in [9.17, 15) is 15.0 Å². The Balaban J connectivity index is 1.72. The van der Waals surface area contributed by atoms with Crippen LogP contribution in [0.4, 0.5) is 9.18 Å². The molecule has 1 amide bonds. The van der Waals surface area contributed by atoms with Crippen LogP contribution in [0.25, 0.3) is 16.9 Å². The minimum atomic E-state index is -1.05. The Labute approximate surface area is 176 Å². The Kier molecular flexibility index (Phi) is 5.85. The molecule has 1 aliphatic rings. The maximum absolute atomic E-state index is 15.1. The van der Waals surface area contributed by atoms with E-state index >= 15 is 4.39 Å². The van der Waals surface area contributed by atoms with E-state index in [0.717, 1.165) is 0 Å². The molecule has 0 aromatic carbocycles. The summed E-state index contributed by atoms with van der Waals surface area (Å²) in [6, 6.07) is 5.46. The van der Waals surface area contributed by atoms with Crippen molar-refractivity contribution in [3.05, 3.63) is 36.4 Å². The number of aliphatic hydroxyl groups is 1. The number of likely N-dealkylation sites (tertiary alicyclic amines) is 1. The van der Waals surface area contributed by atoms with E-state index in [0.29, 0.717) is 30.5 Å². The number of amides is 1. The van der Waals surface area contributed by atoms with Gasteiger partial charge in [-0.05, 0) is 31.9 Å². The van der Waals surface area contributed by atoms with E-state index < -0.39 is 24.1 Å². The highest BCUT2D eigenvalue weighted by molar-refractivity contribution is 5.75. The summed E-state index contributed by atoms with van der Waals surface area (Å²) in [4.78, 5) is 21.0. The van der Waals surface area contributed by atoms with Gasteiger partial charge in [0.05, 0.1) is 30.4 Å². The standard InChI is InChI=1S/C20H22FN5O5/c1-12(11-27)30-18-16(21)19(31-13-5-4-7-25(10-13)20(28)29)24-17(23-18)14-9-22-26-8-3-2-6-15(14)26/h2-3,6,8-9,12-13,27H,4-5,7,10-11H2,1H3,(H,28,29)/t12?,13-/m1/s1. The fourth-order valence-electron chi connectivity index (χ4n) is 3.38. The third-order valence-corrected chi connectivity index (χ3v) is 4.95. The highest BCUT2D eigenvalue weighted by atomic mass is 19.1. The van der Waals surface area contributed by atoms with Gasteiger partial charge in [-0.25, -0.2) is 9.31 Å². The monoisotopic (exact) mass is 431 g/mol. The van der Waals surface area contributed by atoms with Crippen LogP contribution in [0.3, 0.4) is 0 Å². The molecule has 164 valence electrons. The fraction of sp³-hybridized carbons (Fsp3) is 0.400. The molecule has 11 heteroatoms. The van der Waals surface area contributed by atoms with E-state index in [4.69, 9.17) is 9.47 Å². The second-order valence-electron chi connectivity index (χ2n) is 7.28. The zero-order chi connectivity index (χ0) is 22.0. The van der Waals surface area contributed by atoms with Crippen LogP contribution in [-0.2, 0) is 0 Å². The molecule has 1 fully saturated rings. The second-order valence-corrected chi connectivity index (χ2v) is 7.28. The van der Waals surface area contributed by atoms with Gasteiger partial charge in [0.15, 0.2) is 5.82 Å². The van der Waals surface area contributed by atoms with Crippen molar-refractivity contribution in [3.8, 4) is 23.1 Å². The van der Waals surface area contributed by atoms with Gasteiger partial charge in [0.2, 0.25) is 5.82 Å². The molecule has 4 rings (SSSR count). The molecule has 10 nitrogen and oxygen atoms in total. The van der Waals surface area contributed by atoms with Gasteiger partial charge < -0.3 is 24.6 Å². The maximum Gasteiger partial charge on any atom is 0.407 e. The average molecular weight is 431 g/mol. The van der Waals surface area contributed by atoms with Crippen LogP contribution in [0.2, 0.25) is 0 Å². The Bertz CT molecular complexity index is 1090. The molecule has 2 atom stereocenters. The smallest absolute Gasteiger partial charge is 0.407 e. The summed E-state index contributed by atoms with van der Waals surface area (Å²) in [7, 11) is 0. The van der Waals surface area contributed by atoms with Gasteiger partial charge >= 0.3 is 6.09 Å². The molecule has 0 radical (unpaired) electrons. The lowest BCUT2D eigenvalue weighted by molar-refractivity contribution is 0.0724. The number of rotatable bonds is 6. The summed E-state index contributed by atoms with van der Waals surface area (Å²) in [6.45, 7) is 1.75. The number of aliphatic hydroxyl groups excluding tert-OH is 1. The second kappa shape index (κ2) is 8.72. The number of hydrogen-bond acceptors (Lipinski definition) is 7. The number of fused-ring (bicyclic) bond motifs is 1. The van der Waals surface area contributed by atoms with Gasteiger partial charge in [0.1, 0.15) is 12.2 Å². The quantitative estimate of drug-likeness (QED) is 0.609. The molecule has 3 aromatic heterocycles. The van der Waals surface area contributed by atoms with Gasteiger partial charge in [0.25, 0.3) is 11.8 Å². The maximum atomic E-state index is 15.1. The van der Waals surface area contributed by atoms with Gasteiger partial charge in [-0.3, -0.25) is 0 Å². The van der Waals surface area contributed by atoms with Crippen molar-refractivity contribution in [2.24, 2.45) is 0 Å². The van der Waals surface area contributed by atoms with Crippen molar-refractivity contribution >= 4 is 11.6 Å². The normalized spacial score (nSPS) is 17.5. The molecule has 31 heavy (non-hydrogen) atoms. The van der Waals surface area contributed by atoms with Crippen molar-refractivity contribution in [2.45, 2.75) is 32.0 Å². The van der Waals surface area contributed by atoms with Gasteiger partial charge in [-0.1, -0.05) is 6.07 Å². The fourth-order valence-corrected chi connectivity index (χ4v) is 3.38. The summed E-state index contributed by atoms with van der Waals surface area (Å²) in [5.41, 5.74) is 1.25. The molecule has 3 aromatic rings. The largest absolute Gasteiger partial charge is 0.470 e. The molecule has 1 unspecified atom stereocenters. The van der Waals surface area contributed by atoms with E-state index in [-0.39, 0.29) is 30.7 Å². The predicted octanol–water partition coefficient (Wildman–Crippen LogP) is 2.21. The van der Waals surface area contributed by atoms with E-state index in [1.54, 1.807) is 23.8 Å². The molecular weight excluding hydrogens is 409 g/mol. The predicted molar refractivity (Wildman–Crippen MR) is 107 cm³/mol. The molecule has 4 heterocycles. The van der Waals surface area contributed by atoms with E-state index in [1.165, 1.54) is 4.90 Å².